The average Bonchev–Trinajstić information content (AvgIpc) is 2.72. The Morgan fingerprint density at radius 1 is 0.897 bits per heavy atom. The first-order valence-electron chi connectivity index (χ1n) is 10.0. The average molecular weight is 410 g/mol. The van der Waals surface area contributed by atoms with Crippen LogP contribution in [0.3, 0.4) is 0 Å². The third kappa shape index (κ3) is 4.54. The molecule has 0 amide bonds. The van der Waals surface area contributed by atoms with Gasteiger partial charge in [-0.05, 0) is 47.3 Å². The van der Waals surface area contributed by atoms with Crippen molar-refractivity contribution in [2.45, 2.75) is 6.92 Å². The molecule has 1 aliphatic heterocycles. The van der Waals surface area contributed by atoms with Crippen molar-refractivity contribution in [2.24, 2.45) is 0 Å². The van der Waals surface area contributed by atoms with E-state index in [0.29, 0.717) is 5.69 Å². The van der Waals surface area contributed by atoms with E-state index in [1.54, 1.807) is 6.07 Å². The molecule has 1 N–H and O–H groups in total. The van der Waals surface area contributed by atoms with Crippen molar-refractivity contribution in [2.75, 3.05) is 48.6 Å². The summed E-state index contributed by atoms with van der Waals surface area (Å²) in [5.41, 5.74) is 3.92. The van der Waals surface area contributed by atoms with Gasteiger partial charge in [-0.2, -0.15) is 0 Å². The molecule has 1 fully saturated rings. The summed E-state index contributed by atoms with van der Waals surface area (Å²) in [5.74, 6) is 0. The zero-order chi connectivity index (χ0) is 20.4. The lowest BCUT2D eigenvalue weighted by molar-refractivity contribution is 0.271. The maximum absolute atomic E-state index is 11.6. The van der Waals surface area contributed by atoms with Gasteiger partial charge in [-0.3, -0.25) is 4.72 Å². The second-order valence-corrected chi connectivity index (χ2v) is 9.34. The number of rotatable bonds is 5. The highest BCUT2D eigenvalue weighted by Gasteiger charge is 2.17. The molecular formula is C23H27N3O2S. The zero-order valence-corrected chi connectivity index (χ0v) is 17.7. The fourth-order valence-electron chi connectivity index (χ4n) is 3.99. The molecule has 0 saturated carbocycles. The summed E-state index contributed by atoms with van der Waals surface area (Å²) in [6.45, 7) is 7.56. The number of hydrogen-bond donors (Lipinski definition) is 1. The Labute approximate surface area is 173 Å². The van der Waals surface area contributed by atoms with Crippen LogP contribution in [-0.2, 0) is 10.0 Å². The molecule has 0 unspecified atom stereocenters. The van der Waals surface area contributed by atoms with Crippen LogP contribution < -0.4 is 9.62 Å². The van der Waals surface area contributed by atoms with Crippen LogP contribution in [0.2, 0.25) is 0 Å². The van der Waals surface area contributed by atoms with Crippen LogP contribution >= 0.6 is 0 Å². The Morgan fingerprint density at radius 3 is 2.34 bits per heavy atom. The molecule has 0 aromatic heterocycles. The number of piperazine rings is 1. The number of nitrogens with zero attached hydrogens (tertiary/aromatic N) is 2. The van der Waals surface area contributed by atoms with E-state index in [1.807, 2.05) is 18.2 Å². The van der Waals surface area contributed by atoms with E-state index in [9.17, 15) is 8.42 Å². The quantitative estimate of drug-likeness (QED) is 0.692. The Bertz CT molecular complexity index is 1120. The summed E-state index contributed by atoms with van der Waals surface area (Å²) in [6, 6.07) is 20.5. The Morgan fingerprint density at radius 2 is 1.62 bits per heavy atom. The number of likely N-dealkylation sites (N-methyl/N-ethyl adjacent to an activating group) is 1. The van der Waals surface area contributed by atoms with Gasteiger partial charge in [0.05, 0.1) is 6.26 Å². The molecule has 6 heteroatoms. The maximum Gasteiger partial charge on any atom is 0.229 e. The van der Waals surface area contributed by atoms with E-state index in [1.165, 1.54) is 22.7 Å². The van der Waals surface area contributed by atoms with Crippen LogP contribution in [0, 0.1) is 0 Å². The van der Waals surface area contributed by atoms with Crippen molar-refractivity contribution in [1.82, 2.24) is 4.90 Å². The minimum atomic E-state index is -3.30. The third-order valence-electron chi connectivity index (χ3n) is 5.52. The van der Waals surface area contributed by atoms with Gasteiger partial charge in [-0.25, -0.2) is 8.42 Å². The van der Waals surface area contributed by atoms with Crippen LogP contribution in [0.4, 0.5) is 11.4 Å². The van der Waals surface area contributed by atoms with Crippen LogP contribution in [0.5, 0.6) is 0 Å². The number of fused-ring (bicyclic) bond motifs is 1. The summed E-state index contributed by atoms with van der Waals surface area (Å²) in [4.78, 5) is 4.95. The van der Waals surface area contributed by atoms with Gasteiger partial charge in [0.15, 0.2) is 0 Å². The summed E-state index contributed by atoms with van der Waals surface area (Å²) in [5, 5.41) is 2.45. The van der Waals surface area contributed by atoms with Crippen LogP contribution in [0.25, 0.3) is 21.9 Å². The number of anilines is 2. The second kappa shape index (κ2) is 8.05. The molecule has 0 aliphatic carbocycles. The number of hydrogen-bond acceptors (Lipinski definition) is 4. The van der Waals surface area contributed by atoms with E-state index >= 15 is 0 Å². The highest BCUT2D eigenvalue weighted by atomic mass is 32.2. The van der Waals surface area contributed by atoms with Crippen molar-refractivity contribution in [1.29, 1.82) is 0 Å². The number of benzene rings is 3. The first-order chi connectivity index (χ1) is 13.9. The summed E-state index contributed by atoms with van der Waals surface area (Å²) in [6.07, 6.45) is 1.17. The molecular weight excluding hydrogens is 382 g/mol. The van der Waals surface area contributed by atoms with E-state index in [4.69, 9.17) is 0 Å². The van der Waals surface area contributed by atoms with Crippen LogP contribution in [-0.4, -0.2) is 52.3 Å². The zero-order valence-electron chi connectivity index (χ0n) is 16.9. The van der Waals surface area contributed by atoms with Crippen LogP contribution in [0.1, 0.15) is 6.92 Å². The number of nitrogens with one attached hydrogen (secondary N) is 1. The van der Waals surface area contributed by atoms with Crippen LogP contribution in [0.15, 0.2) is 60.7 Å². The highest BCUT2D eigenvalue weighted by molar-refractivity contribution is 7.92. The first-order valence-corrected chi connectivity index (χ1v) is 11.9. The van der Waals surface area contributed by atoms with Crippen molar-refractivity contribution >= 4 is 32.2 Å². The standard InChI is InChI=1S/C23H27N3O2S/c1-3-25-12-14-26(15-13-25)23-9-5-6-18-10-11-20(17-22(18)23)19-7-4-8-21(16-19)24-29(2,27)28/h4-11,16-17,24H,3,12-15H2,1-2H3. The molecule has 5 nitrogen and oxygen atoms in total. The van der Waals surface area contributed by atoms with Crippen molar-refractivity contribution < 1.29 is 8.42 Å². The van der Waals surface area contributed by atoms with Gasteiger partial charge in [0, 0.05) is 42.9 Å². The van der Waals surface area contributed by atoms with Gasteiger partial charge >= 0.3 is 0 Å². The van der Waals surface area contributed by atoms with Gasteiger partial charge in [0.25, 0.3) is 0 Å². The summed E-state index contributed by atoms with van der Waals surface area (Å²) < 4.78 is 25.7. The lowest BCUT2D eigenvalue weighted by atomic mass is 9.99. The summed E-state index contributed by atoms with van der Waals surface area (Å²) >= 11 is 0. The predicted molar refractivity (Wildman–Crippen MR) is 122 cm³/mol. The number of sulfonamides is 1. The SMILES string of the molecule is CCN1CCN(c2cccc3ccc(-c4cccc(NS(C)(=O)=O)c4)cc23)CC1. The molecule has 29 heavy (non-hydrogen) atoms. The fraction of sp³-hybridized carbons (Fsp3) is 0.304. The van der Waals surface area contributed by atoms with E-state index < -0.39 is 10.0 Å². The molecule has 1 saturated heterocycles. The molecule has 3 aromatic carbocycles. The van der Waals surface area contributed by atoms with Gasteiger partial charge in [-0.1, -0.05) is 43.3 Å². The molecule has 1 heterocycles. The molecule has 0 radical (unpaired) electrons. The smallest absolute Gasteiger partial charge is 0.229 e. The van der Waals surface area contributed by atoms with Crippen molar-refractivity contribution in [3.63, 3.8) is 0 Å². The van der Waals surface area contributed by atoms with Gasteiger partial charge in [-0.15, -0.1) is 0 Å². The fourth-order valence-corrected chi connectivity index (χ4v) is 4.55. The minimum absolute atomic E-state index is 0.578. The predicted octanol–water partition coefficient (Wildman–Crippen LogP) is 4.02. The van der Waals surface area contributed by atoms with Gasteiger partial charge < -0.3 is 9.80 Å². The molecule has 0 spiro atoms. The maximum atomic E-state index is 11.6. The molecule has 1 aliphatic rings. The first kappa shape index (κ1) is 19.7. The van der Waals surface area contributed by atoms with E-state index in [0.717, 1.165) is 43.9 Å². The third-order valence-corrected chi connectivity index (χ3v) is 6.12. The largest absolute Gasteiger partial charge is 0.368 e. The van der Waals surface area contributed by atoms with Gasteiger partial charge in [0.1, 0.15) is 0 Å². The normalized spacial score (nSPS) is 15.6. The van der Waals surface area contributed by atoms with E-state index in [-0.39, 0.29) is 0 Å². The monoisotopic (exact) mass is 409 g/mol. The molecule has 4 rings (SSSR count). The highest BCUT2D eigenvalue weighted by Crippen LogP contribution is 2.32. The summed E-state index contributed by atoms with van der Waals surface area (Å²) in [7, 11) is -3.30. The Hall–Kier alpha value is -2.57. The van der Waals surface area contributed by atoms with Gasteiger partial charge in [0.2, 0.25) is 10.0 Å². The molecule has 152 valence electrons. The topological polar surface area (TPSA) is 52.6 Å². The lowest BCUT2D eigenvalue weighted by Crippen LogP contribution is -2.46. The Kier molecular flexibility index (Phi) is 5.48. The molecule has 0 atom stereocenters. The van der Waals surface area contributed by atoms with Crippen molar-refractivity contribution in [3.8, 4) is 11.1 Å². The second-order valence-electron chi connectivity index (χ2n) is 7.59. The minimum Gasteiger partial charge on any atom is -0.368 e. The van der Waals surface area contributed by atoms with Crippen molar-refractivity contribution in [3.05, 3.63) is 60.7 Å². The molecule has 3 aromatic rings. The molecule has 0 bridgehead atoms. The Balaban J connectivity index is 1.70. The lowest BCUT2D eigenvalue weighted by Gasteiger charge is -2.36. The van der Waals surface area contributed by atoms with E-state index in [2.05, 4.69) is 57.8 Å².